The molecule has 1 aromatic heterocycles. The molecular formula is C17H18Cl2N4O2. The number of aromatic nitrogens is 2. The molecule has 0 unspecified atom stereocenters. The number of nitrogens with one attached hydrogen (secondary N) is 1. The van der Waals surface area contributed by atoms with Crippen LogP contribution in [0.1, 0.15) is 19.8 Å². The lowest BCUT2D eigenvalue weighted by atomic mass is 10.0. The maximum Gasteiger partial charge on any atom is 0.292 e. The zero-order valence-electron chi connectivity index (χ0n) is 13.7. The van der Waals surface area contributed by atoms with E-state index in [1.54, 1.807) is 30.5 Å². The summed E-state index contributed by atoms with van der Waals surface area (Å²) in [6.07, 6.45) is 3.21. The number of nitrogens with zero attached hydrogens (tertiary/aromatic N) is 3. The van der Waals surface area contributed by atoms with Gasteiger partial charge in [-0.25, -0.2) is 0 Å². The maximum atomic E-state index is 12.6. The van der Waals surface area contributed by atoms with Crippen molar-refractivity contribution in [3.8, 4) is 5.69 Å². The van der Waals surface area contributed by atoms with E-state index in [9.17, 15) is 9.59 Å². The molecule has 0 aliphatic carbocycles. The fourth-order valence-electron chi connectivity index (χ4n) is 2.96. The maximum absolute atomic E-state index is 12.6. The first-order valence-electron chi connectivity index (χ1n) is 8.01. The van der Waals surface area contributed by atoms with E-state index < -0.39 is 0 Å². The Hall–Kier alpha value is -2.05. The van der Waals surface area contributed by atoms with Gasteiger partial charge in [-0.05, 0) is 37.1 Å². The van der Waals surface area contributed by atoms with Crippen LogP contribution in [0.4, 0.5) is 5.69 Å². The summed E-state index contributed by atoms with van der Waals surface area (Å²) in [5, 5.41) is 7.90. The number of benzene rings is 1. The molecule has 1 N–H and O–H groups in total. The molecule has 132 valence electrons. The van der Waals surface area contributed by atoms with Gasteiger partial charge in [0, 0.05) is 31.1 Å². The average molecular weight is 381 g/mol. The lowest BCUT2D eigenvalue weighted by Crippen LogP contribution is -2.44. The average Bonchev–Trinajstić information content (AvgIpc) is 2.59. The quantitative estimate of drug-likeness (QED) is 0.888. The number of carbonyl (C=O) groups is 1. The number of rotatable bonds is 3. The van der Waals surface area contributed by atoms with E-state index >= 15 is 0 Å². The number of hydrogen-bond acceptors (Lipinski definition) is 4. The first-order valence-corrected chi connectivity index (χ1v) is 8.77. The number of amides is 1. The Bertz CT molecular complexity index is 828. The second kappa shape index (κ2) is 7.45. The van der Waals surface area contributed by atoms with Crippen LogP contribution in [0.25, 0.3) is 5.69 Å². The highest BCUT2D eigenvalue weighted by molar-refractivity contribution is 6.33. The molecule has 6 nitrogen and oxygen atoms in total. The molecular weight excluding hydrogens is 363 g/mol. The molecule has 0 atom stereocenters. The molecule has 1 aromatic carbocycles. The number of carbonyl (C=O) groups excluding carboxylic acids is 1. The highest BCUT2D eigenvalue weighted by Crippen LogP contribution is 2.25. The van der Waals surface area contributed by atoms with Crippen molar-refractivity contribution < 1.29 is 4.79 Å². The smallest absolute Gasteiger partial charge is 0.292 e. The number of hydrogen-bond donors (Lipinski definition) is 1. The van der Waals surface area contributed by atoms with Crippen LogP contribution in [0.15, 0.2) is 35.3 Å². The minimum Gasteiger partial charge on any atom is -0.369 e. The van der Waals surface area contributed by atoms with Gasteiger partial charge in [0.15, 0.2) is 0 Å². The Kier molecular flexibility index (Phi) is 5.30. The standard InChI is InChI=1S/C17H18Cl2N4O2/c1-11(24)21-13-6-8-22(9-7-13)15-10-20-23(17(25)16(15)19)14-4-2-12(18)3-5-14/h2-5,10,13H,6-9H2,1H3,(H,21,24). The molecule has 1 aliphatic rings. The van der Waals surface area contributed by atoms with Crippen LogP contribution in [-0.4, -0.2) is 34.8 Å². The minimum atomic E-state index is -0.370. The Labute approximate surface area is 155 Å². The highest BCUT2D eigenvalue weighted by atomic mass is 35.5. The fraction of sp³-hybridized carbons (Fsp3) is 0.353. The summed E-state index contributed by atoms with van der Waals surface area (Å²) in [6.45, 7) is 2.93. The van der Waals surface area contributed by atoms with E-state index in [4.69, 9.17) is 23.2 Å². The summed E-state index contributed by atoms with van der Waals surface area (Å²) in [7, 11) is 0. The zero-order chi connectivity index (χ0) is 18.0. The van der Waals surface area contributed by atoms with Crippen molar-refractivity contribution in [2.45, 2.75) is 25.8 Å². The van der Waals surface area contributed by atoms with Gasteiger partial charge < -0.3 is 10.2 Å². The third kappa shape index (κ3) is 3.96. The van der Waals surface area contributed by atoms with Crippen LogP contribution in [-0.2, 0) is 4.79 Å². The molecule has 8 heteroatoms. The first kappa shape index (κ1) is 17.8. The van der Waals surface area contributed by atoms with E-state index in [2.05, 4.69) is 10.4 Å². The van der Waals surface area contributed by atoms with E-state index in [-0.39, 0.29) is 22.5 Å². The lowest BCUT2D eigenvalue weighted by Gasteiger charge is -2.33. The van der Waals surface area contributed by atoms with Crippen LogP contribution in [0.5, 0.6) is 0 Å². The van der Waals surface area contributed by atoms with Crippen molar-refractivity contribution in [1.82, 2.24) is 15.1 Å². The normalized spacial score (nSPS) is 15.2. The van der Waals surface area contributed by atoms with Crippen molar-refractivity contribution in [2.24, 2.45) is 0 Å². The van der Waals surface area contributed by atoms with Gasteiger partial charge in [-0.2, -0.15) is 9.78 Å². The predicted molar refractivity (Wildman–Crippen MR) is 98.9 cm³/mol. The Balaban J connectivity index is 1.80. The lowest BCUT2D eigenvalue weighted by molar-refractivity contribution is -0.119. The summed E-state index contributed by atoms with van der Waals surface area (Å²) in [4.78, 5) is 25.8. The summed E-state index contributed by atoms with van der Waals surface area (Å²) >= 11 is 12.2. The predicted octanol–water partition coefficient (Wildman–Crippen LogP) is 2.64. The SMILES string of the molecule is CC(=O)NC1CCN(c2cnn(-c3ccc(Cl)cc3)c(=O)c2Cl)CC1. The summed E-state index contributed by atoms with van der Waals surface area (Å²) < 4.78 is 1.26. The van der Waals surface area contributed by atoms with E-state index in [1.165, 1.54) is 11.6 Å². The van der Waals surface area contributed by atoms with E-state index in [0.29, 0.717) is 29.5 Å². The largest absolute Gasteiger partial charge is 0.369 e. The second-order valence-corrected chi connectivity index (χ2v) is 6.81. The van der Waals surface area contributed by atoms with Crippen molar-refractivity contribution >= 4 is 34.8 Å². The molecule has 2 heterocycles. The number of piperidine rings is 1. The molecule has 0 bridgehead atoms. The van der Waals surface area contributed by atoms with E-state index in [0.717, 1.165) is 12.8 Å². The van der Waals surface area contributed by atoms with E-state index in [1.807, 2.05) is 4.90 Å². The van der Waals surface area contributed by atoms with Crippen molar-refractivity contribution in [2.75, 3.05) is 18.0 Å². The monoisotopic (exact) mass is 380 g/mol. The van der Waals surface area contributed by atoms with Crippen LogP contribution in [0, 0.1) is 0 Å². The molecule has 1 saturated heterocycles. The Morgan fingerprint density at radius 2 is 1.84 bits per heavy atom. The molecule has 0 spiro atoms. The van der Waals surface area contributed by atoms with Gasteiger partial charge >= 0.3 is 0 Å². The summed E-state index contributed by atoms with van der Waals surface area (Å²) in [6, 6.07) is 6.98. The minimum absolute atomic E-state index is 0.0243. The molecule has 2 aromatic rings. The Morgan fingerprint density at radius 3 is 2.44 bits per heavy atom. The molecule has 1 aliphatic heterocycles. The van der Waals surface area contributed by atoms with Gasteiger partial charge in [0.25, 0.3) is 5.56 Å². The van der Waals surface area contributed by atoms with Gasteiger partial charge in [-0.1, -0.05) is 23.2 Å². The van der Waals surface area contributed by atoms with Crippen LogP contribution < -0.4 is 15.8 Å². The molecule has 0 radical (unpaired) electrons. The summed E-state index contributed by atoms with van der Waals surface area (Å²) in [5.41, 5.74) is 0.857. The van der Waals surface area contributed by atoms with Gasteiger partial charge in [0.2, 0.25) is 5.91 Å². The molecule has 0 saturated carbocycles. The topological polar surface area (TPSA) is 67.2 Å². The third-order valence-electron chi connectivity index (χ3n) is 4.21. The van der Waals surface area contributed by atoms with Crippen LogP contribution in [0.3, 0.4) is 0 Å². The van der Waals surface area contributed by atoms with Gasteiger partial charge in [-0.15, -0.1) is 0 Å². The fourth-order valence-corrected chi connectivity index (χ4v) is 3.34. The van der Waals surface area contributed by atoms with Crippen LogP contribution >= 0.6 is 23.2 Å². The van der Waals surface area contributed by atoms with Gasteiger partial charge in [0.1, 0.15) is 5.02 Å². The van der Waals surface area contributed by atoms with Crippen molar-refractivity contribution in [3.63, 3.8) is 0 Å². The van der Waals surface area contributed by atoms with Gasteiger partial charge in [-0.3, -0.25) is 9.59 Å². The van der Waals surface area contributed by atoms with Gasteiger partial charge in [0.05, 0.1) is 17.6 Å². The summed E-state index contributed by atoms with van der Waals surface area (Å²) in [5.74, 6) is -0.0243. The highest BCUT2D eigenvalue weighted by Gasteiger charge is 2.23. The molecule has 3 rings (SSSR count). The number of anilines is 1. The first-order chi connectivity index (χ1) is 12.0. The van der Waals surface area contributed by atoms with Crippen molar-refractivity contribution in [3.05, 3.63) is 50.9 Å². The Morgan fingerprint density at radius 1 is 1.20 bits per heavy atom. The number of halogens is 2. The second-order valence-electron chi connectivity index (χ2n) is 6.00. The zero-order valence-corrected chi connectivity index (χ0v) is 15.2. The van der Waals surface area contributed by atoms with Crippen LogP contribution in [0.2, 0.25) is 10.0 Å². The van der Waals surface area contributed by atoms with Crippen molar-refractivity contribution in [1.29, 1.82) is 0 Å². The molecule has 1 fully saturated rings. The molecule has 1 amide bonds. The molecule has 25 heavy (non-hydrogen) atoms. The third-order valence-corrected chi connectivity index (χ3v) is 4.82.